The Hall–Kier alpha value is -3.10. The van der Waals surface area contributed by atoms with Gasteiger partial charge in [0.1, 0.15) is 28.8 Å². The van der Waals surface area contributed by atoms with Gasteiger partial charge in [0.05, 0.1) is 0 Å². The van der Waals surface area contributed by atoms with Gasteiger partial charge in [-0.25, -0.2) is 26.3 Å². The van der Waals surface area contributed by atoms with E-state index in [0.717, 1.165) is 12.1 Å². The topological polar surface area (TPSA) is 9.23 Å². The lowest BCUT2D eigenvalue weighted by molar-refractivity contribution is -0.189. The fourth-order valence-electron chi connectivity index (χ4n) is 2.45. The Morgan fingerprint density at radius 1 is 0.621 bits per heavy atom. The first-order valence-electron chi connectivity index (χ1n) is 7.55. The lowest BCUT2D eigenvalue weighted by Crippen LogP contribution is -2.25. The molecular formula is C20H12F8O. The van der Waals surface area contributed by atoms with Gasteiger partial charge < -0.3 is 4.74 Å². The SMILES string of the molecule is C.Fc1ccc(-c2cc(F)c(C(F)(F)Oc3cc(F)c(F)c(F)c3)c(F)c2)cc1. The number of ether oxygens (including phenoxy) is 1. The quantitative estimate of drug-likeness (QED) is 0.328. The molecule has 0 radical (unpaired) electrons. The standard InChI is InChI=1S/C19H8F8O.CH4/c20-11-3-1-9(2-4-11)10-5-13(21)17(14(22)6-10)19(26,27)28-12-7-15(23)18(25)16(24)8-12;/h1-8H;1H4. The molecule has 0 heterocycles. The molecule has 0 atom stereocenters. The number of alkyl halides is 2. The zero-order valence-corrected chi connectivity index (χ0v) is 13.6. The number of hydrogen-bond donors (Lipinski definition) is 0. The summed E-state index contributed by atoms with van der Waals surface area (Å²) in [6.07, 6.45) is -4.67. The predicted molar refractivity (Wildman–Crippen MR) is 89.3 cm³/mol. The van der Waals surface area contributed by atoms with Crippen molar-refractivity contribution in [2.24, 2.45) is 0 Å². The number of hydrogen-bond acceptors (Lipinski definition) is 1. The van der Waals surface area contributed by atoms with E-state index in [4.69, 9.17) is 0 Å². The summed E-state index contributed by atoms with van der Waals surface area (Å²) < 4.78 is 113. The summed E-state index contributed by atoms with van der Waals surface area (Å²) in [5.74, 6) is -10.8. The van der Waals surface area contributed by atoms with Gasteiger partial charge in [-0.3, -0.25) is 0 Å². The average molecular weight is 420 g/mol. The molecule has 0 N–H and O–H groups in total. The molecule has 0 spiro atoms. The average Bonchev–Trinajstić information content (AvgIpc) is 2.59. The largest absolute Gasteiger partial charge is 0.432 e. The molecule has 0 unspecified atom stereocenters. The van der Waals surface area contributed by atoms with Crippen LogP contribution < -0.4 is 4.74 Å². The van der Waals surface area contributed by atoms with Crippen LogP contribution in [0.4, 0.5) is 35.1 Å². The van der Waals surface area contributed by atoms with E-state index < -0.39 is 52.3 Å². The van der Waals surface area contributed by atoms with Crippen molar-refractivity contribution in [3.63, 3.8) is 0 Å². The molecule has 29 heavy (non-hydrogen) atoms. The van der Waals surface area contributed by atoms with Crippen molar-refractivity contribution in [1.82, 2.24) is 0 Å². The summed E-state index contributed by atoms with van der Waals surface area (Å²) in [5.41, 5.74) is -1.82. The van der Waals surface area contributed by atoms with Crippen LogP contribution in [0.3, 0.4) is 0 Å². The first kappa shape index (κ1) is 22.2. The summed E-state index contributed by atoms with van der Waals surface area (Å²) in [6, 6.07) is 5.72. The van der Waals surface area contributed by atoms with Crippen molar-refractivity contribution in [2.75, 3.05) is 0 Å². The predicted octanol–water partition coefficient (Wildman–Crippen LogP) is 6.95. The molecule has 0 amide bonds. The summed E-state index contributed by atoms with van der Waals surface area (Å²) in [6.45, 7) is 0. The second kappa shape index (κ2) is 8.10. The molecule has 0 saturated carbocycles. The first-order valence-corrected chi connectivity index (χ1v) is 7.55. The Kier molecular flexibility index (Phi) is 6.20. The van der Waals surface area contributed by atoms with Crippen LogP contribution in [-0.2, 0) is 6.11 Å². The molecule has 1 nitrogen and oxygen atoms in total. The van der Waals surface area contributed by atoms with E-state index in [1.54, 1.807) is 0 Å². The molecule has 9 heteroatoms. The van der Waals surface area contributed by atoms with Gasteiger partial charge in [-0.2, -0.15) is 8.78 Å². The molecule has 3 aromatic rings. The summed E-state index contributed by atoms with van der Waals surface area (Å²) in [7, 11) is 0. The number of rotatable bonds is 4. The van der Waals surface area contributed by atoms with Crippen molar-refractivity contribution in [1.29, 1.82) is 0 Å². The molecule has 0 saturated heterocycles. The third kappa shape index (κ3) is 4.49. The second-order valence-electron chi connectivity index (χ2n) is 5.64. The smallest absolute Gasteiger partial charge is 0.429 e. The third-order valence-electron chi connectivity index (χ3n) is 3.71. The normalized spacial score (nSPS) is 11.2. The molecular weight excluding hydrogens is 408 g/mol. The second-order valence-corrected chi connectivity index (χ2v) is 5.64. The van der Waals surface area contributed by atoms with E-state index >= 15 is 0 Å². The van der Waals surface area contributed by atoms with Crippen LogP contribution in [0, 0.1) is 34.9 Å². The van der Waals surface area contributed by atoms with Crippen molar-refractivity contribution >= 4 is 0 Å². The minimum atomic E-state index is -4.67. The van der Waals surface area contributed by atoms with Crippen molar-refractivity contribution in [2.45, 2.75) is 13.5 Å². The van der Waals surface area contributed by atoms with Crippen LogP contribution >= 0.6 is 0 Å². The maximum atomic E-state index is 14.2. The fourth-order valence-corrected chi connectivity index (χ4v) is 2.45. The van der Waals surface area contributed by atoms with Crippen molar-refractivity contribution in [3.05, 3.63) is 89.0 Å². The molecule has 0 aliphatic rings. The summed E-state index contributed by atoms with van der Waals surface area (Å²) >= 11 is 0. The van der Waals surface area contributed by atoms with Crippen LogP contribution in [0.25, 0.3) is 11.1 Å². The van der Waals surface area contributed by atoms with Gasteiger partial charge in [0.2, 0.25) is 0 Å². The maximum Gasteiger partial charge on any atom is 0.432 e. The summed E-state index contributed by atoms with van der Waals surface area (Å²) in [5, 5.41) is 0. The van der Waals surface area contributed by atoms with E-state index in [-0.39, 0.29) is 30.7 Å². The molecule has 0 aliphatic carbocycles. The highest BCUT2D eigenvalue weighted by Gasteiger charge is 2.41. The molecule has 0 aliphatic heterocycles. The summed E-state index contributed by atoms with van der Waals surface area (Å²) in [4.78, 5) is 0. The van der Waals surface area contributed by atoms with Gasteiger partial charge >= 0.3 is 6.11 Å². The number of benzene rings is 3. The van der Waals surface area contributed by atoms with E-state index in [2.05, 4.69) is 4.74 Å². The van der Waals surface area contributed by atoms with Gasteiger partial charge in [0, 0.05) is 12.1 Å². The van der Waals surface area contributed by atoms with Crippen LogP contribution in [-0.4, -0.2) is 0 Å². The fraction of sp³-hybridized carbons (Fsp3) is 0.100. The van der Waals surface area contributed by atoms with Gasteiger partial charge in [0.25, 0.3) is 0 Å². The van der Waals surface area contributed by atoms with E-state index in [9.17, 15) is 35.1 Å². The van der Waals surface area contributed by atoms with Gasteiger partial charge in [-0.1, -0.05) is 19.6 Å². The Bertz CT molecular complexity index is 985. The minimum Gasteiger partial charge on any atom is -0.429 e. The lowest BCUT2D eigenvalue weighted by atomic mass is 10.0. The lowest BCUT2D eigenvalue weighted by Gasteiger charge is -2.20. The Morgan fingerprint density at radius 2 is 1.10 bits per heavy atom. The van der Waals surface area contributed by atoms with Crippen LogP contribution in [0.5, 0.6) is 5.75 Å². The molecule has 3 aromatic carbocycles. The van der Waals surface area contributed by atoms with E-state index in [0.29, 0.717) is 12.1 Å². The first-order chi connectivity index (χ1) is 13.1. The van der Waals surface area contributed by atoms with Crippen LogP contribution in [0.2, 0.25) is 0 Å². The van der Waals surface area contributed by atoms with Crippen molar-refractivity contribution < 1.29 is 39.9 Å². The monoisotopic (exact) mass is 420 g/mol. The number of halogens is 8. The maximum absolute atomic E-state index is 14.2. The zero-order valence-electron chi connectivity index (χ0n) is 13.6. The Morgan fingerprint density at radius 3 is 1.59 bits per heavy atom. The molecule has 0 aromatic heterocycles. The molecule has 154 valence electrons. The highest BCUT2D eigenvalue weighted by molar-refractivity contribution is 5.64. The Balaban J connectivity index is 0.00000300. The molecule has 3 rings (SSSR count). The Labute approximate surface area is 160 Å². The third-order valence-corrected chi connectivity index (χ3v) is 3.71. The van der Waals surface area contributed by atoms with Crippen molar-refractivity contribution in [3.8, 4) is 16.9 Å². The minimum absolute atomic E-state index is 0. The van der Waals surface area contributed by atoms with Crippen LogP contribution in [0.1, 0.15) is 13.0 Å². The zero-order chi connectivity index (χ0) is 20.6. The van der Waals surface area contributed by atoms with E-state index in [1.807, 2.05) is 0 Å². The highest BCUT2D eigenvalue weighted by Crippen LogP contribution is 2.37. The highest BCUT2D eigenvalue weighted by atomic mass is 19.3. The van der Waals surface area contributed by atoms with Gasteiger partial charge in [0.15, 0.2) is 17.5 Å². The molecule has 0 fully saturated rings. The van der Waals surface area contributed by atoms with Gasteiger partial charge in [-0.05, 0) is 35.4 Å². The van der Waals surface area contributed by atoms with Gasteiger partial charge in [-0.15, -0.1) is 0 Å². The van der Waals surface area contributed by atoms with E-state index in [1.165, 1.54) is 12.1 Å². The van der Waals surface area contributed by atoms with Crippen LogP contribution in [0.15, 0.2) is 48.5 Å². The molecule has 0 bridgehead atoms.